The van der Waals surface area contributed by atoms with Crippen LogP contribution in [0.5, 0.6) is 11.5 Å². The Balaban J connectivity index is 1.89. The Labute approximate surface area is 146 Å². The van der Waals surface area contributed by atoms with E-state index in [4.69, 9.17) is 9.47 Å². The van der Waals surface area contributed by atoms with Gasteiger partial charge >= 0.3 is 0 Å². The number of rotatable bonds is 8. The average molecular weight is 349 g/mol. The van der Waals surface area contributed by atoms with Gasteiger partial charge < -0.3 is 19.9 Å². The average Bonchev–Trinajstić information content (AvgIpc) is 3.05. The number of carbonyl (C=O) groups excluding carboxylic acids is 1. The second kappa shape index (κ2) is 8.17. The van der Waals surface area contributed by atoms with Crippen LogP contribution in [0.3, 0.4) is 0 Å². The minimum atomic E-state index is -0.978. The van der Waals surface area contributed by atoms with Crippen LogP contribution < -0.4 is 14.8 Å². The molecule has 0 saturated carbocycles. The van der Waals surface area contributed by atoms with Gasteiger partial charge in [-0.3, -0.25) is 4.79 Å². The lowest BCUT2D eigenvalue weighted by Crippen LogP contribution is -2.42. The quantitative estimate of drug-likeness (QED) is 0.768. The summed E-state index contributed by atoms with van der Waals surface area (Å²) < 4.78 is 10.4. The molecule has 2 rings (SSSR count). The molecule has 6 heteroatoms. The van der Waals surface area contributed by atoms with Crippen LogP contribution in [0.1, 0.15) is 18.1 Å². The molecule has 0 bridgehead atoms. The molecule has 1 unspecified atom stereocenters. The second-order valence-electron chi connectivity index (χ2n) is 5.95. The molecule has 24 heavy (non-hydrogen) atoms. The highest BCUT2D eigenvalue weighted by Crippen LogP contribution is 2.27. The van der Waals surface area contributed by atoms with Crippen molar-refractivity contribution in [2.24, 2.45) is 0 Å². The number of hydrogen-bond donors (Lipinski definition) is 2. The van der Waals surface area contributed by atoms with E-state index >= 15 is 0 Å². The van der Waals surface area contributed by atoms with Crippen molar-refractivity contribution in [1.29, 1.82) is 0 Å². The maximum absolute atomic E-state index is 12.1. The Hall–Kier alpha value is -2.05. The highest BCUT2D eigenvalue weighted by Gasteiger charge is 2.22. The van der Waals surface area contributed by atoms with Crippen molar-refractivity contribution in [3.05, 3.63) is 46.2 Å². The lowest BCUT2D eigenvalue weighted by molar-refractivity contribution is -0.121. The SMILES string of the molecule is COc1ccc(CC(=O)NCC(C)(O)Cc2ccsc2)cc1OC. The largest absolute Gasteiger partial charge is 0.493 e. The van der Waals surface area contributed by atoms with E-state index in [1.165, 1.54) is 0 Å². The van der Waals surface area contributed by atoms with Gasteiger partial charge in [0.2, 0.25) is 5.91 Å². The normalized spacial score (nSPS) is 13.2. The minimum absolute atomic E-state index is 0.146. The third-order valence-electron chi connectivity index (χ3n) is 3.64. The third-order valence-corrected chi connectivity index (χ3v) is 4.38. The summed E-state index contributed by atoms with van der Waals surface area (Å²) >= 11 is 1.59. The van der Waals surface area contributed by atoms with Crippen molar-refractivity contribution in [2.45, 2.75) is 25.4 Å². The van der Waals surface area contributed by atoms with Gasteiger partial charge in [0.1, 0.15) is 0 Å². The van der Waals surface area contributed by atoms with Crippen molar-refractivity contribution >= 4 is 17.2 Å². The van der Waals surface area contributed by atoms with Crippen LogP contribution in [0.15, 0.2) is 35.0 Å². The summed E-state index contributed by atoms with van der Waals surface area (Å²) in [5.41, 5.74) is 0.913. The smallest absolute Gasteiger partial charge is 0.224 e. The summed E-state index contributed by atoms with van der Waals surface area (Å²) in [4.78, 5) is 12.1. The fraction of sp³-hybridized carbons (Fsp3) is 0.389. The summed E-state index contributed by atoms with van der Waals surface area (Å²) in [5.74, 6) is 1.07. The zero-order chi connectivity index (χ0) is 17.6. The van der Waals surface area contributed by atoms with Crippen LogP contribution in [0.25, 0.3) is 0 Å². The fourth-order valence-electron chi connectivity index (χ4n) is 2.42. The van der Waals surface area contributed by atoms with Crippen LogP contribution in [0.2, 0.25) is 0 Å². The van der Waals surface area contributed by atoms with E-state index in [1.807, 2.05) is 22.9 Å². The summed E-state index contributed by atoms with van der Waals surface area (Å²) in [7, 11) is 3.13. The molecule has 0 fully saturated rings. The van der Waals surface area contributed by atoms with Crippen molar-refractivity contribution in [3.8, 4) is 11.5 Å². The standard InChI is InChI=1S/C18H23NO4S/c1-18(21,10-14-6-7-24-11-14)12-19-17(20)9-13-4-5-15(22-2)16(8-13)23-3/h4-8,11,21H,9-10,12H2,1-3H3,(H,19,20). The van der Waals surface area contributed by atoms with Crippen LogP contribution in [-0.2, 0) is 17.6 Å². The molecule has 1 aromatic heterocycles. The number of hydrogen-bond acceptors (Lipinski definition) is 5. The fourth-order valence-corrected chi connectivity index (χ4v) is 3.09. The Bertz CT molecular complexity index is 668. The first-order chi connectivity index (χ1) is 11.4. The first-order valence-electron chi connectivity index (χ1n) is 7.64. The molecular formula is C18H23NO4S. The molecule has 1 atom stereocenters. The number of thiophene rings is 1. The van der Waals surface area contributed by atoms with Crippen molar-refractivity contribution in [3.63, 3.8) is 0 Å². The van der Waals surface area contributed by atoms with E-state index in [0.29, 0.717) is 17.9 Å². The molecule has 0 aliphatic carbocycles. The third kappa shape index (κ3) is 5.25. The number of carbonyl (C=O) groups is 1. The van der Waals surface area contributed by atoms with Gasteiger partial charge in [-0.25, -0.2) is 0 Å². The van der Waals surface area contributed by atoms with E-state index in [-0.39, 0.29) is 18.9 Å². The van der Waals surface area contributed by atoms with E-state index < -0.39 is 5.60 Å². The number of nitrogens with one attached hydrogen (secondary N) is 1. The molecule has 1 heterocycles. The van der Waals surface area contributed by atoms with Gasteiger partial charge in [-0.2, -0.15) is 11.3 Å². The molecule has 5 nitrogen and oxygen atoms in total. The van der Waals surface area contributed by atoms with Gasteiger partial charge in [0.25, 0.3) is 0 Å². The molecule has 0 saturated heterocycles. The number of ether oxygens (including phenoxy) is 2. The maximum atomic E-state index is 12.1. The molecule has 1 aromatic carbocycles. The monoisotopic (exact) mass is 349 g/mol. The maximum Gasteiger partial charge on any atom is 0.224 e. The molecule has 0 radical (unpaired) electrons. The summed E-state index contributed by atoms with van der Waals surface area (Å²) in [6.45, 7) is 1.93. The number of benzene rings is 1. The van der Waals surface area contributed by atoms with E-state index in [2.05, 4.69) is 5.32 Å². The minimum Gasteiger partial charge on any atom is -0.493 e. The first-order valence-corrected chi connectivity index (χ1v) is 8.59. The molecule has 2 aromatic rings. The van der Waals surface area contributed by atoms with Crippen LogP contribution >= 0.6 is 11.3 Å². The zero-order valence-electron chi connectivity index (χ0n) is 14.2. The van der Waals surface area contributed by atoms with E-state index in [1.54, 1.807) is 44.6 Å². The Morgan fingerprint density at radius 3 is 2.58 bits per heavy atom. The predicted octanol–water partition coefficient (Wildman–Crippen LogP) is 2.42. The van der Waals surface area contributed by atoms with Gasteiger partial charge in [0.05, 0.1) is 26.2 Å². The number of amides is 1. The van der Waals surface area contributed by atoms with Crippen LogP contribution in [0, 0.1) is 0 Å². The first kappa shape index (κ1) is 18.3. The van der Waals surface area contributed by atoms with Crippen molar-refractivity contribution in [1.82, 2.24) is 5.32 Å². The molecule has 0 spiro atoms. The van der Waals surface area contributed by atoms with Crippen molar-refractivity contribution < 1.29 is 19.4 Å². The Morgan fingerprint density at radius 2 is 1.96 bits per heavy atom. The second-order valence-corrected chi connectivity index (χ2v) is 6.73. The predicted molar refractivity (Wildman–Crippen MR) is 94.9 cm³/mol. The highest BCUT2D eigenvalue weighted by molar-refractivity contribution is 7.07. The topological polar surface area (TPSA) is 67.8 Å². The molecular weight excluding hydrogens is 326 g/mol. The summed E-state index contributed by atoms with van der Waals surface area (Å²) in [6, 6.07) is 7.35. The van der Waals surface area contributed by atoms with Gasteiger partial charge in [0, 0.05) is 13.0 Å². The highest BCUT2D eigenvalue weighted by atomic mass is 32.1. The summed E-state index contributed by atoms with van der Waals surface area (Å²) in [5, 5.41) is 17.2. The number of methoxy groups -OCH3 is 2. The van der Waals surface area contributed by atoms with Crippen LogP contribution in [-0.4, -0.2) is 37.4 Å². The lowest BCUT2D eigenvalue weighted by atomic mass is 9.98. The van der Waals surface area contributed by atoms with Gasteiger partial charge in [-0.15, -0.1) is 0 Å². The van der Waals surface area contributed by atoms with Gasteiger partial charge in [-0.05, 0) is 47.0 Å². The Kier molecular flexibility index (Phi) is 6.23. The molecule has 0 aliphatic heterocycles. The zero-order valence-corrected chi connectivity index (χ0v) is 15.0. The molecule has 1 amide bonds. The summed E-state index contributed by atoms with van der Waals surface area (Å²) in [6.07, 6.45) is 0.724. The molecule has 130 valence electrons. The molecule has 0 aliphatic rings. The van der Waals surface area contributed by atoms with Crippen LogP contribution in [0.4, 0.5) is 0 Å². The number of aliphatic hydroxyl groups is 1. The van der Waals surface area contributed by atoms with Crippen molar-refractivity contribution in [2.75, 3.05) is 20.8 Å². The van der Waals surface area contributed by atoms with Gasteiger partial charge in [0.15, 0.2) is 11.5 Å². The molecule has 2 N–H and O–H groups in total. The van der Waals surface area contributed by atoms with Gasteiger partial charge in [-0.1, -0.05) is 6.07 Å². The van der Waals surface area contributed by atoms with E-state index in [0.717, 1.165) is 11.1 Å². The lowest BCUT2D eigenvalue weighted by Gasteiger charge is -2.23. The van der Waals surface area contributed by atoms with E-state index in [9.17, 15) is 9.90 Å². The Morgan fingerprint density at radius 1 is 1.21 bits per heavy atom.